The molecule has 1 saturated heterocycles. The largest absolute Gasteiger partial charge is 0.307 e. The van der Waals surface area contributed by atoms with Gasteiger partial charge in [-0.2, -0.15) is 11.8 Å². The van der Waals surface area contributed by atoms with Crippen LogP contribution in [-0.4, -0.2) is 42.6 Å². The maximum absolute atomic E-state index is 3.76. The second-order valence-electron chi connectivity index (χ2n) is 6.50. The minimum absolute atomic E-state index is 0.490. The standard InChI is InChI=1S/C18H30N2S/c1-15(2)12-17-13-19-18(16-8-5-4-6-9-16)14-20(17)10-7-11-21-3/h4-6,8-9,15,17-19H,7,10-14H2,1-3H3. The van der Waals surface area contributed by atoms with Gasteiger partial charge in [0, 0.05) is 25.2 Å². The zero-order valence-corrected chi connectivity index (χ0v) is 14.5. The van der Waals surface area contributed by atoms with Crippen LogP contribution >= 0.6 is 11.8 Å². The Morgan fingerprint density at radius 3 is 2.71 bits per heavy atom. The number of benzene rings is 1. The van der Waals surface area contributed by atoms with Gasteiger partial charge in [-0.05, 0) is 42.9 Å². The lowest BCUT2D eigenvalue weighted by molar-refractivity contribution is 0.114. The van der Waals surface area contributed by atoms with Gasteiger partial charge in [0.15, 0.2) is 0 Å². The molecular weight excluding hydrogens is 276 g/mol. The van der Waals surface area contributed by atoms with Crippen LogP contribution in [0.4, 0.5) is 0 Å². The van der Waals surface area contributed by atoms with Crippen LogP contribution in [0.3, 0.4) is 0 Å². The van der Waals surface area contributed by atoms with Gasteiger partial charge in [0.1, 0.15) is 0 Å². The lowest BCUT2D eigenvalue weighted by Gasteiger charge is -2.41. The van der Waals surface area contributed by atoms with Gasteiger partial charge < -0.3 is 5.32 Å². The van der Waals surface area contributed by atoms with Crippen molar-refractivity contribution in [2.45, 2.75) is 38.8 Å². The van der Waals surface area contributed by atoms with E-state index in [1.165, 1.54) is 30.7 Å². The number of hydrogen-bond acceptors (Lipinski definition) is 3. The summed E-state index contributed by atoms with van der Waals surface area (Å²) in [4.78, 5) is 2.73. The smallest absolute Gasteiger partial charge is 0.0449 e. The minimum atomic E-state index is 0.490. The van der Waals surface area contributed by atoms with E-state index in [4.69, 9.17) is 0 Å². The monoisotopic (exact) mass is 306 g/mol. The third-order valence-corrected chi connectivity index (χ3v) is 4.97. The van der Waals surface area contributed by atoms with Crippen molar-refractivity contribution >= 4 is 11.8 Å². The lowest BCUT2D eigenvalue weighted by atomic mass is 9.96. The molecule has 1 N–H and O–H groups in total. The lowest BCUT2D eigenvalue weighted by Crippen LogP contribution is -2.53. The van der Waals surface area contributed by atoms with Crippen molar-refractivity contribution in [2.75, 3.05) is 31.6 Å². The highest BCUT2D eigenvalue weighted by atomic mass is 32.2. The summed E-state index contributed by atoms with van der Waals surface area (Å²) in [5.41, 5.74) is 1.43. The van der Waals surface area contributed by atoms with E-state index in [1.54, 1.807) is 0 Å². The van der Waals surface area contributed by atoms with E-state index in [1.807, 2.05) is 11.8 Å². The fourth-order valence-electron chi connectivity index (χ4n) is 3.23. The first-order valence-corrected chi connectivity index (χ1v) is 9.61. The van der Waals surface area contributed by atoms with Crippen molar-refractivity contribution in [2.24, 2.45) is 5.92 Å². The van der Waals surface area contributed by atoms with Crippen molar-refractivity contribution in [3.05, 3.63) is 35.9 Å². The first kappa shape index (κ1) is 16.9. The molecule has 1 heterocycles. The van der Waals surface area contributed by atoms with Crippen LogP contribution < -0.4 is 5.32 Å². The Bertz CT molecular complexity index is 393. The summed E-state index contributed by atoms with van der Waals surface area (Å²) < 4.78 is 0. The number of nitrogens with zero attached hydrogens (tertiary/aromatic N) is 1. The SMILES string of the molecule is CSCCCN1CC(c2ccccc2)NCC1CC(C)C. The molecule has 1 aliphatic heterocycles. The molecule has 0 spiro atoms. The Morgan fingerprint density at radius 1 is 1.29 bits per heavy atom. The molecule has 0 saturated carbocycles. The second kappa shape index (κ2) is 8.82. The van der Waals surface area contributed by atoms with E-state index in [0.29, 0.717) is 12.1 Å². The molecule has 1 aliphatic rings. The van der Waals surface area contributed by atoms with E-state index in [2.05, 4.69) is 60.7 Å². The maximum Gasteiger partial charge on any atom is 0.0449 e. The molecule has 0 amide bonds. The minimum Gasteiger partial charge on any atom is -0.307 e. The van der Waals surface area contributed by atoms with E-state index in [0.717, 1.165) is 19.0 Å². The first-order chi connectivity index (χ1) is 10.2. The van der Waals surface area contributed by atoms with E-state index in [-0.39, 0.29) is 0 Å². The highest BCUT2D eigenvalue weighted by molar-refractivity contribution is 7.98. The molecular formula is C18H30N2S. The Hall–Kier alpha value is -0.510. The molecule has 21 heavy (non-hydrogen) atoms. The Kier molecular flexibility index (Phi) is 7.08. The fourth-order valence-corrected chi connectivity index (χ4v) is 3.64. The highest BCUT2D eigenvalue weighted by Crippen LogP contribution is 2.23. The van der Waals surface area contributed by atoms with Gasteiger partial charge in [-0.25, -0.2) is 0 Å². The van der Waals surface area contributed by atoms with Crippen LogP contribution in [0.2, 0.25) is 0 Å². The zero-order valence-electron chi connectivity index (χ0n) is 13.7. The zero-order chi connectivity index (χ0) is 15.1. The summed E-state index contributed by atoms with van der Waals surface area (Å²) in [6.45, 7) is 8.18. The molecule has 3 heteroatoms. The summed E-state index contributed by atoms with van der Waals surface area (Å²) in [5, 5.41) is 3.76. The van der Waals surface area contributed by atoms with Crippen LogP contribution in [-0.2, 0) is 0 Å². The van der Waals surface area contributed by atoms with Gasteiger partial charge in [0.05, 0.1) is 0 Å². The molecule has 0 bridgehead atoms. The van der Waals surface area contributed by atoms with Crippen molar-refractivity contribution < 1.29 is 0 Å². The maximum atomic E-state index is 3.76. The molecule has 1 fully saturated rings. The molecule has 0 aromatic heterocycles. The number of rotatable bonds is 7. The molecule has 1 aromatic carbocycles. The Labute approximate surface area is 134 Å². The predicted octanol–water partition coefficient (Wildman–Crippen LogP) is 3.80. The first-order valence-electron chi connectivity index (χ1n) is 8.22. The average molecular weight is 307 g/mol. The third-order valence-electron chi connectivity index (χ3n) is 4.27. The van der Waals surface area contributed by atoms with Crippen molar-refractivity contribution in [3.63, 3.8) is 0 Å². The van der Waals surface area contributed by atoms with Gasteiger partial charge in [-0.1, -0.05) is 44.2 Å². The summed E-state index contributed by atoms with van der Waals surface area (Å²) >= 11 is 1.96. The van der Waals surface area contributed by atoms with Crippen LogP contribution in [0.25, 0.3) is 0 Å². The Morgan fingerprint density at radius 2 is 2.05 bits per heavy atom. The number of thioether (sulfide) groups is 1. The quantitative estimate of drug-likeness (QED) is 0.771. The van der Waals surface area contributed by atoms with Crippen LogP contribution in [0.5, 0.6) is 0 Å². The van der Waals surface area contributed by atoms with Crippen LogP contribution in [0.15, 0.2) is 30.3 Å². The van der Waals surface area contributed by atoms with Gasteiger partial charge in [0.2, 0.25) is 0 Å². The summed E-state index contributed by atoms with van der Waals surface area (Å²) in [6, 6.07) is 12.1. The highest BCUT2D eigenvalue weighted by Gasteiger charge is 2.28. The average Bonchev–Trinajstić information content (AvgIpc) is 2.49. The number of nitrogens with one attached hydrogen (secondary N) is 1. The molecule has 118 valence electrons. The summed E-state index contributed by atoms with van der Waals surface area (Å²) in [5.74, 6) is 2.04. The molecule has 2 atom stereocenters. The van der Waals surface area contributed by atoms with Crippen molar-refractivity contribution in [3.8, 4) is 0 Å². The van der Waals surface area contributed by atoms with Gasteiger partial charge in [0.25, 0.3) is 0 Å². The fraction of sp³-hybridized carbons (Fsp3) is 0.667. The van der Waals surface area contributed by atoms with Gasteiger partial charge >= 0.3 is 0 Å². The van der Waals surface area contributed by atoms with E-state index < -0.39 is 0 Å². The van der Waals surface area contributed by atoms with Crippen molar-refractivity contribution in [1.82, 2.24) is 10.2 Å². The number of piperazine rings is 1. The summed E-state index contributed by atoms with van der Waals surface area (Å²) in [7, 11) is 0. The van der Waals surface area contributed by atoms with E-state index >= 15 is 0 Å². The van der Waals surface area contributed by atoms with E-state index in [9.17, 15) is 0 Å². The molecule has 1 aromatic rings. The molecule has 0 aliphatic carbocycles. The van der Waals surface area contributed by atoms with Crippen LogP contribution in [0, 0.1) is 5.92 Å². The predicted molar refractivity (Wildman–Crippen MR) is 95.0 cm³/mol. The third kappa shape index (κ3) is 5.32. The second-order valence-corrected chi connectivity index (χ2v) is 7.48. The van der Waals surface area contributed by atoms with Gasteiger partial charge in [-0.15, -0.1) is 0 Å². The van der Waals surface area contributed by atoms with Crippen LogP contribution in [0.1, 0.15) is 38.3 Å². The normalized spacial score (nSPS) is 23.6. The number of hydrogen-bond donors (Lipinski definition) is 1. The summed E-state index contributed by atoms with van der Waals surface area (Å²) in [6.07, 6.45) is 4.81. The Balaban J connectivity index is 1.98. The molecule has 2 nitrogen and oxygen atoms in total. The van der Waals surface area contributed by atoms with Gasteiger partial charge in [-0.3, -0.25) is 4.90 Å². The van der Waals surface area contributed by atoms with Crippen molar-refractivity contribution in [1.29, 1.82) is 0 Å². The molecule has 0 radical (unpaired) electrons. The molecule has 2 unspecified atom stereocenters. The molecule has 2 rings (SSSR count). The topological polar surface area (TPSA) is 15.3 Å².